The number of nitrogens with zero attached hydrogens (tertiary/aromatic N) is 2. The maximum atomic E-state index is 12.5. The van der Waals surface area contributed by atoms with E-state index < -0.39 is 5.56 Å². The average molecular weight is 375 g/mol. The molecular formula is C21H17N3O2S. The lowest BCUT2D eigenvalue weighted by Gasteiger charge is -2.12. The van der Waals surface area contributed by atoms with E-state index in [0.29, 0.717) is 5.69 Å². The van der Waals surface area contributed by atoms with E-state index in [2.05, 4.69) is 9.98 Å². The smallest absolute Gasteiger partial charge is 0.262 e. The van der Waals surface area contributed by atoms with Gasteiger partial charge in [0.1, 0.15) is 5.56 Å². The normalized spacial score (nSPS) is 14.3. The summed E-state index contributed by atoms with van der Waals surface area (Å²) >= 11 is 5.28. The fourth-order valence-corrected chi connectivity index (χ4v) is 3.52. The number of rotatable bonds is 2. The number of aliphatic imine (C=N–C) groups is 1. The van der Waals surface area contributed by atoms with E-state index in [-0.39, 0.29) is 16.2 Å². The van der Waals surface area contributed by atoms with Crippen molar-refractivity contribution in [2.45, 2.75) is 13.8 Å². The number of aromatic nitrogens is 2. The Bertz CT molecular complexity index is 1250. The van der Waals surface area contributed by atoms with Gasteiger partial charge in [0.2, 0.25) is 5.88 Å². The Hall–Kier alpha value is -3.25. The molecule has 27 heavy (non-hydrogen) atoms. The summed E-state index contributed by atoms with van der Waals surface area (Å²) in [5.41, 5.74) is 4.79. The lowest BCUT2D eigenvalue weighted by atomic mass is 10.0. The summed E-state index contributed by atoms with van der Waals surface area (Å²) in [6.45, 7) is 3.83. The van der Waals surface area contributed by atoms with Crippen LogP contribution in [0.4, 0.5) is 5.69 Å². The molecule has 2 heterocycles. The van der Waals surface area contributed by atoms with Crippen LogP contribution in [0, 0.1) is 11.7 Å². The van der Waals surface area contributed by atoms with Gasteiger partial charge in [-0.1, -0.05) is 30.3 Å². The van der Waals surface area contributed by atoms with Gasteiger partial charge in [-0.05, 0) is 55.9 Å². The Labute approximate surface area is 161 Å². The molecule has 0 saturated heterocycles. The van der Waals surface area contributed by atoms with Gasteiger partial charge in [-0.25, -0.2) is 0 Å². The molecule has 0 aliphatic carbocycles. The standard InChI is InChI=1S/C21H17N3O2S/c1-12-6-5-7-14(10-12)24-20(26)17(19(25)23-21(24)27)11-16-13(2)22-18-9-4-3-8-15(16)18/h3-11,26H,1-2H3,(H,23,25,27). The zero-order valence-electron chi connectivity index (χ0n) is 14.9. The van der Waals surface area contributed by atoms with Crippen molar-refractivity contribution in [2.75, 3.05) is 0 Å². The highest BCUT2D eigenvalue weighted by Crippen LogP contribution is 2.36. The molecule has 5 nitrogen and oxygen atoms in total. The van der Waals surface area contributed by atoms with Crippen molar-refractivity contribution in [3.63, 3.8) is 0 Å². The number of nitrogens with one attached hydrogen (secondary N) is 1. The highest BCUT2D eigenvalue weighted by atomic mass is 32.1. The van der Waals surface area contributed by atoms with Crippen LogP contribution in [0.5, 0.6) is 5.88 Å². The molecule has 0 unspecified atom stereocenters. The number of aromatic amines is 1. The third kappa shape index (κ3) is 2.94. The summed E-state index contributed by atoms with van der Waals surface area (Å²) in [6, 6.07) is 15.3. The largest absolute Gasteiger partial charge is 0.494 e. The van der Waals surface area contributed by atoms with Crippen molar-refractivity contribution in [3.05, 3.63) is 80.3 Å². The van der Waals surface area contributed by atoms with Gasteiger partial charge in [0.25, 0.3) is 5.56 Å². The van der Waals surface area contributed by atoms with Crippen molar-refractivity contribution < 1.29 is 5.11 Å². The monoisotopic (exact) mass is 375 g/mol. The molecule has 0 spiro atoms. The van der Waals surface area contributed by atoms with Crippen LogP contribution in [0.1, 0.15) is 23.6 Å². The van der Waals surface area contributed by atoms with Crippen LogP contribution in [0.2, 0.25) is 0 Å². The molecule has 0 fully saturated rings. The van der Waals surface area contributed by atoms with Gasteiger partial charge in [-0.15, -0.1) is 0 Å². The van der Waals surface area contributed by atoms with E-state index in [0.717, 1.165) is 28.1 Å². The predicted octanol–water partition coefficient (Wildman–Crippen LogP) is 4.56. The number of benzene rings is 2. The van der Waals surface area contributed by atoms with E-state index in [4.69, 9.17) is 12.2 Å². The second kappa shape index (κ2) is 6.48. The Morgan fingerprint density at radius 1 is 1.15 bits per heavy atom. The van der Waals surface area contributed by atoms with Crippen LogP contribution in [0.25, 0.3) is 17.3 Å². The maximum Gasteiger partial charge on any atom is 0.262 e. The fraction of sp³-hybridized carbons (Fsp3) is 0.0952. The van der Waals surface area contributed by atoms with E-state index in [1.807, 2.05) is 62.4 Å². The highest BCUT2D eigenvalue weighted by molar-refractivity contribution is 7.71. The number of H-pyrrole nitrogens is 1. The molecule has 0 bridgehead atoms. The first-order valence-electron chi connectivity index (χ1n) is 8.48. The summed E-state index contributed by atoms with van der Waals surface area (Å²) in [6.07, 6.45) is 1.67. The molecule has 0 amide bonds. The first-order chi connectivity index (χ1) is 13.0. The van der Waals surface area contributed by atoms with Gasteiger partial charge >= 0.3 is 0 Å². The summed E-state index contributed by atoms with van der Waals surface area (Å²) in [5, 5.41) is 10.9. The zero-order valence-corrected chi connectivity index (χ0v) is 15.7. The number of allylic oxidation sites excluding steroid dienone is 1. The predicted molar refractivity (Wildman–Crippen MR) is 111 cm³/mol. The Balaban J connectivity index is 1.96. The minimum atomic E-state index is -0.439. The number of hydrogen-bond donors (Lipinski definition) is 2. The molecule has 6 heteroatoms. The summed E-state index contributed by atoms with van der Waals surface area (Å²) in [7, 11) is 0. The SMILES string of the molecule is CC1=Nc2ccccc2C1=Cc1c(O)n(-c2cccc(C)c2)c(=S)[nH]c1=O. The lowest BCUT2D eigenvalue weighted by Crippen LogP contribution is -2.16. The van der Waals surface area contributed by atoms with Crippen molar-refractivity contribution in [1.29, 1.82) is 0 Å². The zero-order chi connectivity index (χ0) is 19.1. The van der Waals surface area contributed by atoms with E-state index in [9.17, 15) is 9.90 Å². The van der Waals surface area contributed by atoms with Gasteiger partial charge in [-0.3, -0.25) is 19.3 Å². The molecule has 1 aliphatic rings. The quantitative estimate of drug-likeness (QED) is 0.645. The summed E-state index contributed by atoms with van der Waals surface area (Å²) < 4.78 is 1.60. The van der Waals surface area contributed by atoms with Crippen molar-refractivity contribution >= 4 is 35.3 Å². The average Bonchev–Trinajstić information content (AvgIpc) is 2.93. The molecular weight excluding hydrogens is 358 g/mol. The van der Waals surface area contributed by atoms with E-state index in [1.54, 1.807) is 6.08 Å². The minimum absolute atomic E-state index is 0.141. The Morgan fingerprint density at radius 2 is 1.93 bits per heavy atom. The number of hydrogen-bond acceptors (Lipinski definition) is 4. The van der Waals surface area contributed by atoms with E-state index >= 15 is 0 Å². The first kappa shape index (κ1) is 17.2. The molecule has 4 rings (SSSR count). The van der Waals surface area contributed by atoms with Gasteiger partial charge in [0.05, 0.1) is 11.4 Å². The van der Waals surface area contributed by atoms with Crippen LogP contribution in [-0.4, -0.2) is 20.4 Å². The summed E-state index contributed by atoms with van der Waals surface area (Å²) in [4.78, 5) is 19.7. The maximum absolute atomic E-state index is 12.5. The number of para-hydroxylation sites is 1. The fourth-order valence-electron chi connectivity index (χ4n) is 3.24. The van der Waals surface area contributed by atoms with Crippen LogP contribution in [0.15, 0.2) is 58.3 Å². The second-order valence-electron chi connectivity index (χ2n) is 6.44. The third-order valence-corrected chi connectivity index (χ3v) is 4.83. The van der Waals surface area contributed by atoms with Crippen LogP contribution < -0.4 is 5.56 Å². The number of aryl methyl sites for hydroxylation is 1. The Kier molecular flexibility index (Phi) is 4.12. The van der Waals surface area contributed by atoms with Crippen LogP contribution in [0.3, 0.4) is 0 Å². The molecule has 3 aromatic rings. The number of fused-ring (bicyclic) bond motifs is 1. The van der Waals surface area contributed by atoms with E-state index in [1.165, 1.54) is 4.57 Å². The van der Waals surface area contributed by atoms with Gasteiger partial charge in [0, 0.05) is 16.8 Å². The lowest BCUT2D eigenvalue weighted by molar-refractivity contribution is 0.432. The molecule has 1 aromatic heterocycles. The van der Waals surface area contributed by atoms with Gasteiger partial charge in [0.15, 0.2) is 4.77 Å². The van der Waals surface area contributed by atoms with Gasteiger partial charge < -0.3 is 5.11 Å². The molecule has 1 aliphatic heterocycles. The highest BCUT2D eigenvalue weighted by Gasteiger charge is 2.20. The minimum Gasteiger partial charge on any atom is -0.494 e. The van der Waals surface area contributed by atoms with Crippen LogP contribution in [-0.2, 0) is 0 Å². The molecule has 0 radical (unpaired) electrons. The second-order valence-corrected chi connectivity index (χ2v) is 6.83. The van der Waals surface area contributed by atoms with Gasteiger partial charge in [-0.2, -0.15) is 0 Å². The topological polar surface area (TPSA) is 70.4 Å². The number of aromatic hydroxyl groups is 1. The molecule has 0 atom stereocenters. The van der Waals surface area contributed by atoms with Crippen LogP contribution >= 0.6 is 12.2 Å². The molecule has 134 valence electrons. The molecule has 0 saturated carbocycles. The third-order valence-electron chi connectivity index (χ3n) is 4.54. The summed E-state index contributed by atoms with van der Waals surface area (Å²) in [5.74, 6) is -0.195. The van der Waals surface area contributed by atoms with Crippen molar-refractivity contribution in [1.82, 2.24) is 9.55 Å². The van der Waals surface area contributed by atoms with Crippen molar-refractivity contribution in [2.24, 2.45) is 4.99 Å². The Morgan fingerprint density at radius 3 is 2.70 bits per heavy atom. The van der Waals surface area contributed by atoms with Crippen molar-refractivity contribution in [3.8, 4) is 11.6 Å². The molecule has 2 N–H and O–H groups in total. The first-order valence-corrected chi connectivity index (χ1v) is 8.88. The molecule has 2 aromatic carbocycles.